The Balaban J connectivity index is 1.42. The predicted octanol–water partition coefficient (Wildman–Crippen LogP) is 3.99. The number of halogens is 3. The molecule has 1 aromatic heterocycles. The Labute approximate surface area is 160 Å². The molecule has 8 heteroatoms. The summed E-state index contributed by atoms with van der Waals surface area (Å²) in [5, 5.41) is 13.6. The lowest BCUT2D eigenvalue weighted by Gasteiger charge is -2.43. The van der Waals surface area contributed by atoms with Gasteiger partial charge in [-0.15, -0.1) is 0 Å². The Morgan fingerprint density at radius 3 is 2.64 bits per heavy atom. The van der Waals surface area contributed by atoms with E-state index in [-0.39, 0.29) is 18.6 Å². The maximum atomic E-state index is 12.9. The van der Waals surface area contributed by atoms with E-state index in [2.05, 4.69) is 10.3 Å². The number of aromatic nitrogens is 1. The third-order valence-electron chi connectivity index (χ3n) is 5.59. The van der Waals surface area contributed by atoms with Gasteiger partial charge in [0.05, 0.1) is 12.1 Å². The molecule has 1 aromatic carbocycles. The van der Waals surface area contributed by atoms with Crippen molar-refractivity contribution in [3.63, 3.8) is 0 Å². The monoisotopic (exact) mass is 393 g/mol. The third kappa shape index (κ3) is 4.22. The van der Waals surface area contributed by atoms with Crippen LogP contribution in [0.5, 0.6) is 0 Å². The van der Waals surface area contributed by atoms with Gasteiger partial charge in [0.15, 0.2) is 0 Å². The second-order valence-corrected chi connectivity index (χ2v) is 7.83. The van der Waals surface area contributed by atoms with Crippen LogP contribution in [-0.4, -0.2) is 46.1 Å². The molecule has 2 N–H and O–H groups in total. The smallest absolute Gasteiger partial charge is 0.416 e. The van der Waals surface area contributed by atoms with E-state index in [9.17, 15) is 18.0 Å². The zero-order chi connectivity index (χ0) is 19.9. The van der Waals surface area contributed by atoms with E-state index in [4.69, 9.17) is 5.11 Å². The number of carbonyl (C=O) groups is 1. The lowest BCUT2D eigenvalue weighted by Crippen LogP contribution is -2.52. The van der Waals surface area contributed by atoms with Crippen molar-refractivity contribution in [2.24, 2.45) is 5.92 Å². The molecule has 4 rings (SSSR count). The van der Waals surface area contributed by atoms with Crippen LogP contribution in [0.25, 0.3) is 10.8 Å². The van der Waals surface area contributed by atoms with Crippen LogP contribution in [0.1, 0.15) is 31.2 Å². The van der Waals surface area contributed by atoms with Crippen molar-refractivity contribution in [2.45, 2.75) is 43.9 Å². The van der Waals surface area contributed by atoms with Gasteiger partial charge in [-0.05, 0) is 55.2 Å². The van der Waals surface area contributed by atoms with Crippen LogP contribution in [-0.2, 0) is 11.0 Å². The van der Waals surface area contributed by atoms with E-state index in [1.54, 1.807) is 6.07 Å². The van der Waals surface area contributed by atoms with Crippen LogP contribution in [0.4, 0.5) is 19.0 Å². The molecule has 2 aliphatic rings. The molecule has 0 amide bonds. The van der Waals surface area contributed by atoms with Crippen LogP contribution in [0, 0.1) is 5.92 Å². The minimum Gasteiger partial charge on any atom is -0.480 e. The van der Waals surface area contributed by atoms with Crippen molar-refractivity contribution in [2.75, 3.05) is 18.4 Å². The molecule has 5 nitrogen and oxygen atoms in total. The maximum absolute atomic E-state index is 12.9. The number of rotatable bonds is 7. The average Bonchev–Trinajstić information content (AvgIpc) is 3.39. The van der Waals surface area contributed by atoms with Crippen LogP contribution >= 0.6 is 0 Å². The summed E-state index contributed by atoms with van der Waals surface area (Å²) in [6.45, 7) is 0.886. The first-order valence-corrected chi connectivity index (χ1v) is 9.48. The molecule has 2 aliphatic carbocycles. The summed E-state index contributed by atoms with van der Waals surface area (Å²) < 4.78 is 38.7. The average molecular weight is 393 g/mol. The number of carboxylic acids is 1. The Kier molecular flexibility index (Phi) is 4.91. The summed E-state index contributed by atoms with van der Waals surface area (Å²) in [4.78, 5) is 17.5. The molecule has 0 aliphatic heterocycles. The largest absolute Gasteiger partial charge is 0.480 e. The highest BCUT2D eigenvalue weighted by atomic mass is 19.4. The Morgan fingerprint density at radius 2 is 2.00 bits per heavy atom. The molecular weight excluding hydrogens is 371 g/mol. The summed E-state index contributed by atoms with van der Waals surface area (Å²) in [6.07, 6.45) is 1.08. The first-order chi connectivity index (χ1) is 13.3. The lowest BCUT2D eigenvalue weighted by molar-refractivity contribution is -0.139. The van der Waals surface area contributed by atoms with Crippen molar-refractivity contribution >= 4 is 22.6 Å². The normalized spacial score (nSPS) is 22.3. The van der Waals surface area contributed by atoms with E-state index >= 15 is 0 Å². The zero-order valence-electron chi connectivity index (χ0n) is 15.2. The summed E-state index contributed by atoms with van der Waals surface area (Å²) in [6, 6.07) is 5.60. The van der Waals surface area contributed by atoms with Gasteiger partial charge in [-0.2, -0.15) is 13.2 Å². The fourth-order valence-electron chi connectivity index (χ4n) is 3.81. The number of carboxylic acid groups (broad SMARTS) is 1. The number of hydrogen-bond donors (Lipinski definition) is 2. The number of anilines is 1. The molecule has 0 spiro atoms. The molecule has 1 heterocycles. The van der Waals surface area contributed by atoms with Gasteiger partial charge < -0.3 is 10.4 Å². The third-order valence-corrected chi connectivity index (χ3v) is 5.59. The van der Waals surface area contributed by atoms with Gasteiger partial charge in [0.1, 0.15) is 5.82 Å². The van der Waals surface area contributed by atoms with Gasteiger partial charge in [0.25, 0.3) is 0 Å². The molecule has 150 valence electrons. The minimum atomic E-state index is -4.37. The SMILES string of the molecule is O=C(O)CN(CC1CC1)C1CC(Nc2nccc3cc(C(F)(F)F)ccc23)C1. The van der Waals surface area contributed by atoms with E-state index in [1.165, 1.54) is 25.1 Å². The summed E-state index contributed by atoms with van der Waals surface area (Å²) >= 11 is 0. The van der Waals surface area contributed by atoms with Crippen molar-refractivity contribution < 1.29 is 23.1 Å². The predicted molar refractivity (Wildman–Crippen MR) is 99.1 cm³/mol. The number of nitrogens with zero attached hydrogens (tertiary/aromatic N) is 2. The van der Waals surface area contributed by atoms with Crippen molar-refractivity contribution in [1.29, 1.82) is 0 Å². The Hall–Kier alpha value is -2.35. The first kappa shape index (κ1) is 19.0. The molecule has 0 radical (unpaired) electrons. The van der Waals surface area contributed by atoms with Gasteiger partial charge in [-0.25, -0.2) is 4.98 Å². The van der Waals surface area contributed by atoms with Crippen LogP contribution < -0.4 is 5.32 Å². The Bertz CT molecular complexity index is 877. The highest BCUT2D eigenvalue weighted by Crippen LogP contribution is 2.36. The van der Waals surface area contributed by atoms with Gasteiger partial charge in [0, 0.05) is 30.2 Å². The molecule has 0 saturated heterocycles. The number of aliphatic carboxylic acids is 1. The highest BCUT2D eigenvalue weighted by Gasteiger charge is 2.37. The number of fused-ring (bicyclic) bond motifs is 1. The minimum absolute atomic E-state index is 0.0562. The summed E-state index contributed by atoms with van der Waals surface area (Å²) in [5.74, 6) is 0.379. The van der Waals surface area contributed by atoms with E-state index < -0.39 is 17.7 Å². The molecule has 0 unspecified atom stereocenters. The van der Waals surface area contributed by atoms with E-state index in [0.29, 0.717) is 22.5 Å². The molecule has 0 bridgehead atoms. The number of benzene rings is 1. The van der Waals surface area contributed by atoms with Crippen LogP contribution in [0.15, 0.2) is 30.5 Å². The number of hydrogen-bond acceptors (Lipinski definition) is 4. The number of pyridine rings is 1. The second kappa shape index (κ2) is 7.24. The van der Waals surface area contributed by atoms with Gasteiger partial charge in [-0.3, -0.25) is 9.69 Å². The summed E-state index contributed by atoms with van der Waals surface area (Å²) in [7, 11) is 0. The molecule has 2 saturated carbocycles. The lowest BCUT2D eigenvalue weighted by atomic mass is 9.85. The maximum Gasteiger partial charge on any atom is 0.416 e. The van der Waals surface area contributed by atoms with E-state index in [0.717, 1.165) is 31.5 Å². The standard InChI is InChI=1S/C20H22F3N3O2/c21-20(22,23)14-3-4-17-13(7-14)5-6-24-19(17)25-15-8-16(9-15)26(11-18(27)28)10-12-1-2-12/h3-7,12,15-16H,1-2,8-11H2,(H,24,25)(H,27,28). The molecular formula is C20H22F3N3O2. The molecule has 2 fully saturated rings. The number of nitrogens with one attached hydrogen (secondary N) is 1. The van der Waals surface area contributed by atoms with Gasteiger partial charge in [0.2, 0.25) is 0 Å². The van der Waals surface area contributed by atoms with E-state index in [1.807, 2.05) is 4.90 Å². The topological polar surface area (TPSA) is 65.5 Å². The van der Waals surface area contributed by atoms with Crippen LogP contribution in [0.3, 0.4) is 0 Å². The quantitative estimate of drug-likeness (QED) is 0.745. The van der Waals surface area contributed by atoms with Crippen molar-refractivity contribution in [3.8, 4) is 0 Å². The van der Waals surface area contributed by atoms with Crippen molar-refractivity contribution in [1.82, 2.24) is 9.88 Å². The number of alkyl halides is 3. The van der Waals surface area contributed by atoms with Gasteiger partial charge in [-0.1, -0.05) is 6.07 Å². The second-order valence-electron chi connectivity index (χ2n) is 7.83. The molecule has 28 heavy (non-hydrogen) atoms. The van der Waals surface area contributed by atoms with Crippen LogP contribution in [0.2, 0.25) is 0 Å². The fraction of sp³-hybridized carbons (Fsp3) is 0.500. The highest BCUT2D eigenvalue weighted by molar-refractivity contribution is 5.92. The summed E-state index contributed by atoms with van der Waals surface area (Å²) in [5.41, 5.74) is -0.676. The Morgan fingerprint density at radius 1 is 1.25 bits per heavy atom. The van der Waals surface area contributed by atoms with Crippen molar-refractivity contribution in [3.05, 3.63) is 36.0 Å². The first-order valence-electron chi connectivity index (χ1n) is 9.48. The molecule has 2 aromatic rings. The van der Waals surface area contributed by atoms with Gasteiger partial charge >= 0.3 is 12.1 Å². The fourth-order valence-corrected chi connectivity index (χ4v) is 3.81. The molecule has 0 atom stereocenters. The zero-order valence-corrected chi connectivity index (χ0v) is 15.2.